The highest BCUT2D eigenvalue weighted by atomic mass is 16.6. The number of benzene rings is 2. The maximum Gasteiger partial charge on any atom is 0.269 e. The van der Waals surface area contributed by atoms with Gasteiger partial charge in [0.15, 0.2) is 0 Å². The minimum atomic E-state index is -0.318. The molecule has 0 fully saturated rings. The van der Waals surface area contributed by atoms with E-state index in [0.29, 0.717) is 6.04 Å². The minimum Gasteiger partial charge on any atom is -0.306 e. The van der Waals surface area contributed by atoms with Gasteiger partial charge in [-0.15, -0.1) is 0 Å². The molecule has 2 atom stereocenters. The van der Waals surface area contributed by atoms with E-state index >= 15 is 0 Å². The van der Waals surface area contributed by atoms with E-state index in [1.807, 2.05) is 6.07 Å². The lowest BCUT2D eigenvalue weighted by atomic mass is 9.76. The monoisotopic (exact) mass is 296 g/mol. The summed E-state index contributed by atoms with van der Waals surface area (Å²) in [6.07, 6.45) is 2.03. The second-order valence-corrected chi connectivity index (χ2v) is 6.16. The summed E-state index contributed by atoms with van der Waals surface area (Å²) < 4.78 is 0. The highest BCUT2D eigenvalue weighted by Crippen LogP contribution is 2.38. The molecular formula is C18H20N2O2. The van der Waals surface area contributed by atoms with Crippen LogP contribution in [0.3, 0.4) is 0 Å². The van der Waals surface area contributed by atoms with Crippen LogP contribution in [0.2, 0.25) is 0 Å². The Bertz CT molecular complexity index is 697. The molecule has 2 aromatic carbocycles. The molecule has 0 aliphatic heterocycles. The Morgan fingerprint density at radius 1 is 1.14 bits per heavy atom. The standard InChI is InChI=1S/C18H20N2O2/c1-19(2)16-11-13-6-3-4-9-17(13)18(12-16)14-7-5-8-15(10-14)20(21)22/h3-10,16,18H,11-12H2,1-2H3/t16-,18-/m0/s1. The van der Waals surface area contributed by atoms with E-state index in [0.717, 1.165) is 18.4 Å². The summed E-state index contributed by atoms with van der Waals surface area (Å²) in [5.74, 6) is 0.220. The van der Waals surface area contributed by atoms with Gasteiger partial charge in [0.2, 0.25) is 0 Å². The summed E-state index contributed by atoms with van der Waals surface area (Å²) in [5.41, 5.74) is 3.86. The lowest BCUT2D eigenvalue weighted by Crippen LogP contribution is -2.35. The van der Waals surface area contributed by atoms with Crippen LogP contribution >= 0.6 is 0 Å². The van der Waals surface area contributed by atoms with Gasteiger partial charge in [0, 0.05) is 24.1 Å². The van der Waals surface area contributed by atoms with Gasteiger partial charge in [-0.1, -0.05) is 36.4 Å². The summed E-state index contributed by atoms with van der Waals surface area (Å²) in [7, 11) is 4.20. The largest absolute Gasteiger partial charge is 0.306 e. The number of nitro benzene ring substituents is 1. The molecule has 1 aliphatic rings. The first-order valence-corrected chi connectivity index (χ1v) is 7.55. The molecule has 22 heavy (non-hydrogen) atoms. The van der Waals surface area contributed by atoms with E-state index in [-0.39, 0.29) is 16.5 Å². The normalized spacial score (nSPS) is 20.7. The van der Waals surface area contributed by atoms with Gasteiger partial charge in [-0.05, 0) is 43.6 Å². The SMILES string of the molecule is CN(C)[C@H]1Cc2ccccc2[C@H](c2cccc([N+](=O)[O-])c2)C1. The number of likely N-dealkylation sites (N-methyl/N-ethyl adjacent to an activating group) is 1. The van der Waals surface area contributed by atoms with Crippen LogP contribution in [0.5, 0.6) is 0 Å². The quantitative estimate of drug-likeness (QED) is 0.642. The van der Waals surface area contributed by atoms with Crippen LogP contribution < -0.4 is 0 Å². The fourth-order valence-electron chi connectivity index (χ4n) is 3.36. The predicted octanol–water partition coefficient (Wildman–Crippen LogP) is 3.60. The molecule has 0 unspecified atom stereocenters. The van der Waals surface area contributed by atoms with Crippen LogP contribution in [0.25, 0.3) is 0 Å². The van der Waals surface area contributed by atoms with Crippen molar-refractivity contribution in [1.82, 2.24) is 4.90 Å². The molecule has 0 bridgehead atoms. The molecule has 0 aromatic heterocycles. The molecule has 114 valence electrons. The highest BCUT2D eigenvalue weighted by molar-refractivity contribution is 5.44. The molecule has 0 radical (unpaired) electrons. The smallest absolute Gasteiger partial charge is 0.269 e. The zero-order valence-electron chi connectivity index (χ0n) is 12.9. The number of hydrogen-bond donors (Lipinski definition) is 0. The van der Waals surface area contributed by atoms with E-state index in [2.05, 4.69) is 43.3 Å². The summed E-state index contributed by atoms with van der Waals surface area (Å²) in [5, 5.41) is 11.1. The molecule has 0 heterocycles. The van der Waals surface area contributed by atoms with Crippen molar-refractivity contribution >= 4 is 5.69 Å². The number of non-ortho nitro benzene ring substituents is 1. The number of fused-ring (bicyclic) bond motifs is 1. The summed E-state index contributed by atoms with van der Waals surface area (Å²) in [6, 6.07) is 16.0. The van der Waals surface area contributed by atoms with Gasteiger partial charge >= 0.3 is 0 Å². The molecule has 0 amide bonds. The van der Waals surface area contributed by atoms with Crippen LogP contribution in [0.1, 0.15) is 29.0 Å². The minimum absolute atomic E-state index is 0.168. The molecule has 1 aliphatic carbocycles. The van der Waals surface area contributed by atoms with Crippen LogP contribution in [0, 0.1) is 10.1 Å². The van der Waals surface area contributed by atoms with Gasteiger partial charge in [0.25, 0.3) is 5.69 Å². The van der Waals surface area contributed by atoms with Gasteiger partial charge in [0.05, 0.1) is 4.92 Å². The topological polar surface area (TPSA) is 46.4 Å². The number of hydrogen-bond acceptors (Lipinski definition) is 3. The second-order valence-electron chi connectivity index (χ2n) is 6.16. The maximum absolute atomic E-state index is 11.1. The number of nitro groups is 1. The Morgan fingerprint density at radius 3 is 2.64 bits per heavy atom. The third kappa shape index (κ3) is 2.74. The number of nitrogens with zero attached hydrogens (tertiary/aromatic N) is 2. The Labute approximate surface area is 130 Å². The van der Waals surface area contributed by atoms with Crippen molar-refractivity contribution in [3.8, 4) is 0 Å². The van der Waals surface area contributed by atoms with Crippen molar-refractivity contribution in [3.63, 3.8) is 0 Å². The lowest BCUT2D eigenvalue weighted by molar-refractivity contribution is -0.384. The second kappa shape index (κ2) is 5.89. The molecule has 0 saturated carbocycles. The Kier molecular flexibility index (Phi) is 3.94. The van der Waals surface area contributed by atoms with Gasteiger partial charge in [0.1, 0.15) is 0 Å². The predicted molar refractivity (Wildman–Crippen MR) is 87.2 cm³/mol. The molecule has 2 aromatic rings. The van der Waals surface area contributed by atoms with Crippen molar-refractivity contribution < 1.29 is 4.92 Å². The van der Waals surface area contributed by atoms with Crippen molar-refractivity contribution in [1.29, 1.82) is 0 Å². The first kappa shape index (κ1) is 14.7. The van der Waals surface area contributed by atoms with Crippen LogP contribution in [0.15, 0.2) is 48.5 Å². The van der Waals surface area contributed by atoms with Crippen LogP contribution in [-0.2, 0) is 6.42 Å². The molecule has 4 nitrogen and oxygen atoms in total. The molecule has 0 N–H and O–H groups in total. The Hall–Kier alpha value is -2.20. The molecule has 3 rings (SSSR count). The summed E-state index contributed by atoms with van der Waals surface area (Å²) in [6.45, 7) is 0. The van der Waals surface area contributed by atoms with Crippen molar-refractivity contribution in [3.05, 3.63) is 75.3 Å². The molecule has 4 heteroatoms. The van der Waals surface area contributed by atoms with E-state index < -0.39 is 0 Å². The molecule has 0 spiro atoms. The molecule has 0 saturated heterocycles. The average Bonchev–Trinajstić information content (AvgIpc) is 2.53. The Balaban J connectivity index is 2.05. The van der Waals surface area contributed by atoms with Crippen molar-refractivity contribution in [2.45, 2.75) is 24.8 Å². The third-order valence-electron chi connectivity index (χ3n) is 4.61. The van der Waals surface area contributed by atoms with Crippen molar-refractivity contribution in [2.24, 2.45) is 0 Å². The zero-order chi connectivity index (χ0) is 15.7. The maximum atomic E-state index is 11.1. The van der Waals surface area contributed by atoms with E-state index in [1.165, 1.54) is 11.1 Å². The first-order chi connectivity index (χ1) is 10.6. The van der Waals surface area contributed by atoms with E-state index in [4.69, 9.17) is 0 Å². The van der Waals surface area contributed by atoms with Gasteiger partial charge < -0.3 is 4.90 Å². The first-order valence-electron chi connectivity index (χ1n) is 7.55. The van der Waals surface area contributed by atoms with E-state index in [9.17, 15) is 10.1 Å². The third-order valence-corrected chi connectivity index (χ3v) is 4.61. The van der Waals surface area contributed by atoms with Gasteiger partial charge in [-0.2, -0.15) is 0 Å². The zero-order valence-corrected chi connectivity index (χ0v) is 12.9. The van der Waals surface area contributed by atoms with Gasteiger partial charge in [-0.3, -0.25) is 10.1 Å². The fourth-order valence-corrected chi connectivity index (χ4v) is 3.36. The summed E-state index contributed by atoms with van der Waals surface area (Å²) >= 11 is 0. The molecular weight excluding hydrogens is 276 g/mol. The lowest BCUT2D eigenvalue weighted by Gasteiger charge is -2.35. The highest BCUT2D eigenvalue weighted by Gasteiger charge is 2.29. The fraction of sp³-hybridized carbons (Fsp3) is 0.333. The average molecular weight is 296 g/mol. The number of rotatable bonds is 3. The van der Waals surface area contributed by atoms with Crippen molar-refractivity contribution in [2.75, 3.05) is 14.1 Å². The summed E-state index contributed by atoms with van der Waals surface area (Å²) in [4.78, 5) is 13.0. The van der Waals surface area contributed by atoms with Gasteiger partial charge in [-0.25, -0.2) is 0 Å². The van der Waals surface area contributed by atoms with Crippen LogP contribution in [0.4, 0.5) is 5.69 Å². The Morgan fingerprint density at radius 2 is 1.91 bits per heavy atom. The van der Waals surface area contributed by atoms with Crippen LogP contribution in [-0.4, -0.2) is 30.0 Å². The van der Waals surface area contributed by atoms with E-state index in [1.54, 1.807) is 18.2 Å².